The topological polar surface area (TPSA) is 42.3 Å². The highest BCUT2D eigenvalue weighted by Crippen LogP contribution is 2.20. The van der Waals surface area contributed by atoms with Crippen molar-refractivity contribution in [1.82, 2.24) is 10.2 Å². The maximum Gasteiger partial charge on any atom is 0.146 e. The predicted molar refractivity (Wildman–Crippen MR) is 73.5 cm³/mol. The zero-order valence-electron chi connectivity index (χ0n) is 11.1. The van der Waals surface area contributed by atoms with Gasteiger partial charge in [-0.3, -0.25) is 4.90 Å². The molecule has 5 heteroatoms. The number of nitriles is 1. The molecule has 1 fully saturated rings. The Morgan fingerprint density at radius 3 is 2.58 bits per heavy atom. The molecule has 0 saturated carbocycles. The molecule has 1 heterocycles. The van der Waals surface area contributed by atoms with Crippen LogP contribution in [-0.4, -0.2) is 50.7 Å². The maximum atomic E-state index is 13.7. The van der Waals surface area contributed by atoms with Gasteiger partial charge in [-0.25, -0.2) is 4.39 Å². The molecule has 102 valence electrons. The van der Waals surface area contributed by atoms with E-state index < -0.39 is 0 Å². The number of nitrogens with one attached hydrogen (secondary N) is 1. The van der Waals surface area contributed by atoms with Gasteiger partial charge in [0.1, 0.15) is 11.9 Å². The van der Waals surface area contributed by atoms with Crippen LogP contribution in [0.5, 0.6) is 0 Å². The molecule has 19 heavy (non-hydrogen) atoms. The maximum absolute atomic E-state index is 13.7. The molecule has 0 spiro atoms. The Labute approximate surface area is 113 Å². The van der Waals surface area contributed by atoms with E-state index >= 15 is 0 Å². The average Bonchev–Trinajstić information content (AvgIpc) is 2.46. The van der Waals surface area contributed by atoms with Crippen LogP contribution in [0.25, 0.3) is 0 Å². The monoisotopic (exact) mass is 262 g/mol. The number of likely N-dealkylation sites (N-methyl/N-ethyl adjacent to an activating group) is 1. The van der Waals surface area contributed by atoms with Crippen LogP contribution in [0.1, 0.15) is 0 Å². The molecule has 1 saturated heterocycles. The largest absolute Gasteiger partial charge is 0.367 e. The first kappa shape index (κ1) is 13.8. The normalized spacial score (nSPS) is 18.1. The van der Waals surface area contributed by atoms with Gasteiger partial charge in [0, 0.05) is 32.7 Å². The summed E-state index contributed by atoms with van der Waals surface area (Å²) in [6.45, 7) is 4.02. The van der Waals surface area contributed by atoms with Crippen LogP contribution in [0, 0.1) is 17.1 Å². The number of para-hydroxylation sites is 1. The fourth-order valence-electron chi connectivity index (χ4n) is 2.33. The number of hydrogen-bond acceptors (Lipinski definition) is 4. The van der Waals surface area contributed by atoms with Gasteiger partial charge in [0.2, 0.25) is 0 Å². The summed E-state index contributed by atoms with van der Waals surface area (Å²) in [5.74, 6) is -0.166. The summed E-state index contributed by atoms with van der Waals surface area (Å²) >= 11 is 0. The molecule has 4 nitrogen and oxygen atoms in total. The van der Waals surface area contributed by atoms with Gasteiger partial charge in [0.25, 0.3) is 0 Å². The second-order valence-corrected chi connectivity index (χ2v) is 4.71. The van der Waals surface area contributed by atoms with E-state index in [2.05, 4.69) is 21.2 Å². The summed E-state index contributed by atoms with van der Waals surface area (Å²) in [5, 5.41) is 11.9. The minimum Gasteiger partial charge on any atom is -0.367 e. The average molecular weight is 262 g/mol. The third-order valence-electron chi connectivity index (χ3n) is 3.51. The van der Waals surface area contributed by atoms with E-state index in [9.17, 15) is 4.39 Å². The third-order valence-corrected chi connectivity index (χ3v) is 3.51. The molecule has 0 radical (unpaired) electrons. The summed E-state index contributed by atoms with van der Waals surface area (Å²) in [4.78, 5) is 4.30. The molecule has 0 amide bonds. The lowest BCUT2D eigenvalue weighted by molar-refractivity contribution is 0.246. The molecule has 1 aromatic rings. The van der Waals surface area contributed by atoms with Gasteiger partial charge in [0.05, 0.1) is 11.8 Å². The highest BCUT2D eigenvalue weighted by molar-refractivity contribution is 5.47. The standard InChI is InChI=1S/C14H19FN4/c1-17-12(10-16)11-18-6-8-19(9-7-18)14-5-3-2-4-13(14)15/h2-5,12,17H,6-9,11H2,1H3. The van der Waals surface area contributed by atoms with Crippen LogP contribution in [0.3, 0.4) is 0 Å². The number of nitrogens with zero attached hydrogens (tertiary/aromatic N) is 3. The number of piperazine rings is 1. The van der Waals surface area contributed by atoms with E-state index in [0.717, 1.165) is 32.7 Å². The minimum absolute atomic E-state index is 0.139. The Morgan fingerprint density at radius 2 is 2.00 bits per heavy atom. The Bertz CT molecular complexity index is 449. The van der Waals surface area contributed by atoms with Crippen molar-refractivity contribution in [2.45, 2.75) is 6.04 Å². The third kappa shape index (κ3) is 3.43. The SMILES string of the molecule is CNC(C#N)CN1CCN(c2ccccc2F)CC1. The molecule has 1 N–H and O–H groups in total. The van der Waals surface area contributed by atoms with Crippen LogP contribution in [0.4, 0.5) is 10.1 Å². The van der Waals surface area contributed by atoms with Gasteiger partial charge in [0.15, 0.2) is 0 Å². The zero-order valence-corrected chi connectivity index (χ0v) is 11.1. The van der Waals surface area contributed by atoms with E-state index in [4.69, 9.17) is 5.26 Å². The van der Waals surface area contributed by atoms with Crippen molar-refractivity contribution in [1.29, 1.82) is 5.26 Å². The summed E-state index contributed by atoms with van der Waals surface area (Å²) in [6, 6.07) is 8.96. The zero-order chi connectivity index (χ0) is 13.7. The van der Waals surface area contributed by atoms with E-state index in [1.54, 1.807) is 13.1 Å². The fraction of sp³-hybridized carbons (Fsp3) is 0.500. The Morgan fingerprint density at radius 1 is 1.32 bits per heavy atom. The quantitative estimate of drug-likeness (QED) is 0.881. The van der Waals surface area contributed by atoms with Crippen molar-refractivity contribution in [3.05, 3.63) is 30.1 Å². The van der Waals surface area contributed by atoms with Crippen LogP contribution >= 0.6 is 0 Å². The molecule has 0 aromatic heterocycles. The molecule has 1 aliphatic heterocycles. The van der Waals surface area contributed by atoms with E-state index in [1.165, 1.54) is 6.07 Å². The Balaban J connectivity index is 1.89. The Hall–Kier alpha value is -1.64. The van der Waals surface area contributed by atoms with Crippen molar-refractivity contribution < 1.29 is 4.39 Å². The minimum atomic E-state index is -0.166. The number of hydrogen-bond donors (Lipinski definition) is 1. The van der Waals surface area contributed by atoms with Crippen molar-refractivity contribution in [2.75, 3.05) is 44.7 Å². The van der Waals surface area contributed by atoms with Crippen molar-refractivity contribution in [3.8, 4) is 6.07 Å². The second kappa shape index (κ2) is 6.50. The van der Waals surface area contributed by atoms with E-state index in [1.807, 2.05) is 12.1 Å². The first-order valence-corrected chi connectivity index (χ1v) is 6.53. The smallest absolute Gasteiger partial charge is 0.146 e. The predicted octanol–water partition coefficient (Wildman–Crippen LogP) is 1.06. The molecular formula is C14H19FN4. The van der Waals surface area contributed by atoms with Crippen molar-refractivity contribution in [3.63, 3.8) is 0 Å². The lowest BCUT2D eigenvalue weighted by atomic mass is 10.2. The number of rotatable bonds is 4. The molecule has 1 aromatic carbocycles. The highest BCUT2D eigenvalue weighted by atomic mass is 19.1. The highest BCUT2D eigenvalue weighted by Gasteiger charge is 2.20. The van der Waals surface area contributed by atoms with Crippen molar-refractivity contribution >= 4 is 5.69 Å². The fourth-order valence-corrected chi connectivity index (χ4v) is 2.33. The molecule has 1 unspecified atom stereocenters. The van der Waals surface area contributed by atoms with Gasteiger partial charge in [-0.1, -0.05) is 12.1 Å². The molecule has 0 aliphatic carbocycles. The van der Waals surface area contributed by atoms with Gasteiger partial charge in [-0.2, -0.15) is 5.26 Å². The van der Waals surface area contributed by atoms with Gasteiger partial charge in [-0.15, -0.1) is 0 Å². The number of halogens is 1. The first-order chi connectivity index (χ1) is 9.24. The van der Waals surface area contributed by atoms with Crippen LogP contribution in [0.15, 0.2) is 24.3 Å². The molecule has 2 rings (SSSR count). The van der Waals surface area contributed by atoms with E-state index in [0.29, 0.717) is 5.69 Å². The van der Waals surface area contributed by atoms with Gasteiger partial charge < -0.3 is 10.2 Å². The van der Waals surface area contributed by atoms with Crippen LogP contribution in [-0.2, 0) is 0 Å². The van der Waals surface area contributed by atoms with E-state index in [-0.39, 0.29) is 11.9 Å². The second-order valence-electron chi connectivity index (χ2n) is 4.71. The lowest BCUT2D eigenvalue weighted by Crippen LogP contribution is -2.50. The summed E-state index contributed by atoms with van der Waals surface area (Å²) < 4.78 is 13.7. The number of benzene rings is 1. The van der Waals surface area contributed by atoms with Crippen LogP contribution < -0.4 is 10.2 Å². The Kier molecular flexibility index (Phi) is 4.72. The summed E-state index contributed by atoms with van der Waals surface area (Å²) in [7, 11) is 1.80. The van der Waals surface area contributed by atoms with Gasteiger partial charge in [-0.05, 0) is 19.2 Å². The lowest BCUT2D eigenvalue weighted by Gasteiger charge is -2.36. The molecule has 1 atom stereocenters. The molecular weight excluding hydrogens is 243 g/mol. The van der Waals surface area contributed by atoms with Gasteiger partial charge >= 0.3 is 0 Å². The molecule has 1 aliphatic rings. The first-order valence-electron chi connectivity index (χ1n) is 6.53. The van der Waals surface area contributed by atoms with Crippen LogP contribution in [0.2, 0.25) is 0 Å². The summed E-state index contributed by atoms with van der Waals surface area (Å²) in [6.07, 6.45) is 0. The molecule has 0 bridgehead atoms. The van der Waals surface area contributed by atoms with Crippen molar-refractivity contribution in [2.24, 2.45) is 0 Å². The summed E-state index contributed by atoms with van der Waals surface area (Å²) in [5.41, 5.74) is 0.674. The number of anilines is 1.